The number of aryl methyl sites for hydroxylation is 1. The second-order valence-electron chi connectivity index (χ2n) is 9.37. The Labute approximate surface area is 217 Å². The fraction of sp³-hybridized carbons (Fsp3) is 0.346. The quantitative estimate of drug-likeness (QED) is 0.267. The van der Waals surface area contributed by atoms with Crippen molar-refractivity contribution in [2.24, 2.45) is 0 Å². The van der Waals surface area contributed by atoms with Gasteiger partial charge in [0.15, 0.2) is 0 Å². The Balaban J connectivity index is 1.58. The van der Waals surface area contributed by atoms with Crippen molar-refractivity contribution in [2.75, 3.05) is 0 Å². The molecule has 1 aliphatic rings. The molecule has 0 unspecified atom stereocenters. The van der Waals surface area contributed by atoms with Crippen LogP contribution in [0.4, 0.5) is 26.3 Å². The monoisotopic (exact) mass is 549 g/mol. The van der Waals surface area contributed by atoms with Crippen molar-refractivity contribution in [3.8, 4) is 11.6 Å². The van der Waals surface area contributed by atoms with Crippen LogP contribution in [0.2, 0.25) is 0 Å². The Morgan fingerprint density at radius 2 is 1.87 bits per heavy atom. The smallest absolute Gasteiger partial charge is 0.413 e. The molecule has 7 nitrogen and oxygen atoms in total. The molecule has 3 aromatic heterocycles. The molecule has 0 bridgehead atoms. The van der Waals surface area contributed by atoms with Gasteiger partial charge in [-0.15, -0.1) is 10.2 Å². The largest absolute Gasteiger partial charge is 0.418 e. The van der Waals surface area contributed by atoms with Crippen LogP contribution in [-0.2, 0) is 12.7 Å². The van der Waals surface area contributed by atoms with Gasteiger partial charge in [0.1, 0.15) is 11.5 Å². The van der Waals surface area contributed by atoms with Crippen molar-refractivity contribution in [3.63, 3.8) is 0 Å². The first-order valence-electron chi connectivity index (χ1n) is 12.0. The van der Waals surface area contributed by atoms with E-state index in [1.165, 1.54) is 12.1 Å². The van der Waals surface area contributed by atoms with Gasteiger partial charge in [-0.1, -0.05) is 12.1 Å². The van der Waals surface area contributed by atoms with Crippen LogP contribution in [0.1, 0.15) is 71.4 Å². The normalized spacial score (nSPS) is 17.7. The summed E-state index contributed by atoms with van der Waals surface area (Å²) < 4.78 is 87.3. The molecule has 0 amide bonds. The van der Waals surface area contributed by atoms with E-state index >= 15 is 0 Å². The van der Waals surface area contributed by atoms with E-state index in [9.17, 15) is 31.1 Å². The number of aromatic nitrogens is 5. The minimum absolute atomic E-state index is 0.154. The van der Waals surface area contributed by atoms with Crippen LogP contribution in [0.15, 0.2) is 51.8 Å². The molecular weight excluding hydrogens is 528 g/mol. The van der Waals surface area contributed by atoms with E-state index in [4.69, 9.17) is 4.42 Å². The summed E-state index contributed by atoms with van der Waals surface area (Å²) in [4.78, 5) is 17.3. The molecule has 0 aliphatic heterocycles. The average Bonchev–Trinajstić information content (AvgIpc) is 3.56. The molecule has 5 rings (SSSR count). The Morgan fingerprint density at radius 1 is 1.10 bits per heavy atom. The molecular formula is C26H21F6N5O2. The summed E-state index contributed by atoms with van der Waals surface area (Å²) in [7, 11) is 0. The predicted octanol–water partition coefficient (Wildman–Crippen LogP) is 6.19. The number of benzene rings is 1. The lowest BCUT2D eigenvalue weighted by Crippen LogP contribution is -2.29. The lowest BCUT2D eigenvalue weighted by Gasteiger charge is -2.17. The van der Waals surface area contributed by atoms with E-state index in [-0.39, 0.29) is 23.0 Å². The average molecular weight is 549 g/mol. The number of halogens is 6. The molecule has 2 atom stereocenters. The van der Waals surface area contributed by atoms with E-state index < -0.39 is 53.7 Å². The van der Waals surface area contributed by atoms with Crippen LogP contribution < -0.4 is 5.56 Å². The molecule has 1 aliphatic carbocycles. The topological polar surface area (TPSA) is 86.7 Å². The van der Waals surface area contributed by atoms with Gasteiger partial charge in [0, 0.05) is 11.8 Å². The van der Waals surface area contributed by atoms with Crippen LogP contribution >= 0.6 is 0 Å². The fourth-order valence-corrected chi connectivity index (χ4v) is 5.14. The second-order valence-corrected chi connectivity index (χ2v) is 9.37. The van der Waals surface area contributed by atoms with Crippen LogP contribution in [0.3, 0.4) is 0 Å². The fourth-order valence-electron chi connectivity index (χ4n) is 5.14. The number of nitrogens with zero attached hydrogens (tertiary/aromatic N) is 5. The van der Waals surface area contributed by atoms with Crippen molar-refractivity contribution in [1.82, 2.24) is 25.0 Å². The lowest BCUT2D eigenvalue weighted by atomic mass is 9.90. The number of hydrogen-bond acceptors (Lipinski definition) is 6. The molecule has 0 radical (unpaired) electrons. The van der Waals surface area contributed by atoms with Crippen molar-refractivity contribution in [3.05, 3.63) is 92.6 Å². The standard InChI is InChI=1S/C26H21F6N5O2/c1-13-4-2-6-18(27)21(13)15-8-7-14(10-15)16-11-19(23-34-35-24(39-23)22(28)29)36-37(25(16)38)12-20-17(26(30,31)32)5-3-9-33-20/h2-6,9,11,14-15,22H,7-8,10,12H2,1H3/t14-,15+/m0/s1. The number of pyridine rings is 1. The lowest BCUT2D eigenvalue weighted by molar-refractivity contribution is -0.138. The van der Waals surface area contributed by atoms with Crippen LogP contribution in [0.5, 0.6) is 0 Å². The van der Waals surface area contributed by atoms with Crippen molar-refractivity contribution < 1.29 is 30.8 Å². The molecule has 1 aromatic carbocycles. The van der Waals surface area contributed by atoms with E-state index in [0.717, 1.165) is 28.6 Å². The summed E-state index contributed by atoms with van der Waals surface area (Å²) in [6.07, 6.45) is -5.18. The third-order valence-electron chi connectivity index (χ3n) is 6.90. The highest BCUT2D eigenvalue weighted by Crippen LogP contribution is 2.44. The third kappa shape index (κ3) is 5.30. The summed E-state index contributed by atoms with van der Waals surface area (Å²) in [6, 6.07) is 8.06. The highest BCUT2D eigenvalue weighted by molar-refractivity contribution is 5.47. The predicted molar refractivity (Wildman–Crippen MR) is 126 cm³/mol. The summed E-state index contributed by atoms with van der Waals surface area (Å²) in [6.45, 7) is 1.15. The molecule has 39 heavy (non-hydrogen) atoms. The van der Waals surface area contributed by atoms with Crippen LogP contribution in [-0.4, -0.2) is 25.0 Å². The molecule has 4 aromatic rings. The Bertz CT molecular complexity index is 1540. The summed E-state index contributed by atoms with van der Waals surface area (Å²) in [5.74, 6) is -2.34. The number of alkyl halides is 5. The van der Waals surface area contributed by atoms with Crippen molar-refractivity contribution in [2.45, 2.75) is 57.2 Å². The van der Waals surface area contributed by atoms with Gasteiger partial charge in [-0.3, -0.25) is 9.78 Å². The Hall–Kier alpha value is -4.03. The molecule has 0 saturated heterocycles. The summed E-state index contributed by atoms with van der Waals surface area (Å²) >= 11 is 0. The minimum Gasteiger partial charge on any atom is -0.413 e. The van der Waals surface area contributed by atoms with E-state index in [2.05, 4.69) is 20.3 Å². The highest BCUT2D eigenvalue weighted by Gasteiger charge is 2.35. The number of rotatable bonds is 6. The molecule has 13 heteroatoms. The molecule has 0 spiro atoms. The maximum absolute atomic E-state index is 14.6. The maximum atomic E-state index is 14.6. The zero-order chi connectivity index (χ0) is 27.9. The Kier molecular flexibility index (Phi) is 7.00. The summed E-state index contributed by atoms with van der Waals surface area (Å²) in [5.41, 5.74) is -0.823. The molecule has 3 heterocycles. The van der Waals surface area contributed by atoms with Gasteiger partial charge in [0.25, 0.3) is 17.3 Å². The van der Waals surface area contributed by atoms with Gasteiger partial charge >= 0.3 is 12.6 Å². The Morgan fingerprint density at radius 3 is 2.56 bits per heavy atom. The first-order chi connectivity index (χ1) is 18.5. The molecule has 1 fully saturated rings. The zero-order valence-corrected chi connectivity index (χ0v) is 20.4. The van der Waals surface area contributed by atoms with Gasteiger partial charge in [-0.25, -0.2) is 9.07 Å². The molecule has 1 saturated carbocycles. The van der Waals surface area contributed by atoms with Crippen molar-refractivity contribution in [1.29, 1.82) is 0 Å². The second kappa shape index (κ2) is 10.3. The van der Waals surface area contributed by atoms with Crippen molar-refractivity contribution >= 4 is 0 Å². The van der Waals surface area contributed by atoms with E-state index in [0.29, 0.717) is 24.8 Å². The first-order valence-corrected chi connectivity index (χ1v) is 12.0. The van der Waals surface area contributed by atoms with E-state index in [1.54, 1.807) is 19.1 Å². The maximum Gasteiger partial charge on any atom is 0.418 e. The third-order valence-corrected chi connectivity index (χ3v) is 6.90. The van der Waals surface area contributed by atoms with Crippen LogP contribution in [0.25, 0.3) is 11.6 Å². The molecule has 204 valence electrons. The summed E-state index contributed by atoms with van der Waals surface area (Å²) in [5, 5.41) is 10.9. The number of hydrogen-bond donors (Lipinski definition) is 0. The zero-order valence-electron chi connectivity index (χ0n) is 20.4. The van der Waals surface area contributed by atoms with Gasteiger partial charge in [-0.2, -0.15) is 27.1 Å². The first kappa shape index (κ1) is 26.6. The SMILES string of the molecule is Cc1cccc(F)c1[C@@H]1CC[C@H](c2cc(-c3nnc(C(F)F)o3)nn(Cc3ncccc3C(F)(F)F)c2=O)C1. The molecule has 0 N–H and O–H groups in total. The van der Waals surface area contributed by atoms with Gasteiger partial charge in [0.05, 0.1) is 17.8 Å². The minimum atomic E-state index is -4.73. The van der Waals surface area contributed by atoms with Gasteiger partial charge in [0.2, 0.25) is 0 Å². The van der Waals surface area contributed by atoms with Gasteiger partial charge < -0.3 is 4.42 Å². The highest BCUT2D eigenvalue weighted by atomic mass is 19.4. The van der Waals surface area contributed by atoms with Gasteiger partial charge in [-0.05, 0) is 73.4 Å². The van der Waals surface area contributed by atoms with Crippen LogP contribution in [0, 0.1) is 12.7 Å². The van der Waals surface area contributed by atoms with E-state index in [1.807, 2.05) is 0 Å².